The van der Waals surface area contributed by atoms with Crippen molar-refractivity contribution in [2.75, 3.05) is 33.9 Å². The first-order valence-electron chi connectivity index (χ1n) is 18.6. The van der Waals surface area contributed by atoms with Crippen LogP contribution in [-0.2, 0) is 9.47 Å². The van der Waals surface area contributed by atoms with Crippen LogP contribution in [0.4, 0.5) is 0 Å². The van der Waals surface area contributed by atoms with Crippen LogP contribution in [0.1, 0.15) is 102 Å². The van der Waals surface area contributed by atoms with Crippen molar-refractivity contribution in [3.05, 3.63) is 129 Å². The Balaban J connectivity index is 0.985. The first-order valence-corrected chi connectivity index (χ1v) is 18.6. The van der Waals surface area contributed by atoms with Crippen molar-refractivity contribution in [2.45, 2.75) is 43.9 Å². The number of hydrogen-bond acceptors (Lipinski definition) is 8. The Morgan fingerprint density at radius 2 is 1.19 bits per heavy atom. The average molecular weight is 729 g/mol. The van der Waals surface area contributed by atoms with E-state index < -0.39 is 0 Å². The largest absolute Gasteiger partial charge is 0.381 e. The summed E-state index contributed by atoms with van der Waals surface area (Å²) in [6.07, 6.45) is -0.228. The van der Waals surface area contributed by atoms with Crippen LogP contribution in [0.2, 0.25) is 0 Å². The third kappa shape index (κ3) is 6.75. The molecule has 12 heteroatoms. The van der Waals surface area contributed by atoms with Crippen LogP contribution in [0.3, 0.4) is 0 Å². The lowest BCUT2D eigenvalue weighted by atomic mass is 9.92. The molecule has 2 aromatic carbocycles. The van der Waals surface area contributed by atoms with E-state index in [1.807, 2.05) is 62.4 Å². The van der Waals surface area contributed by atoms with Gasteiger partial charge in [0, 0.05) is 84.2 Å². The van der Waals surface area contributed by atoms with E-state index in [1.54, 1.807) is 38.4 Å². The number of ether oxygens (including phenoxy) is 2. The molecule has 2 aliphatic heterocycles. The van der Waals surface area contributed by atoms with Gasteiger partial charge in [0.2, 0.25) is 0 Å². The van der Waals surface area contributed by atoms with Gasteiger partial charge in [0.1, 0.15) is 11.4 Å². The number of carbonyl (C=O) groups is 4. The SMILES string of the molecule is CNC(=O)c1cc(C(=O)NC2[C@H]3COC[C@@H]23)cc([C@H](C)c2cccc(C3OC[C@H]4C3[C@@H]4NC(=O)c3cc(C(=O)NC)nc([C@@H](C)c4ccccc4)c3)c2)n1. The molecule has 2 aromatic heterocycles. The van der Waals surface area contributed by atoms with Crippen LogP contribution < -0.4 is 21.3 Å². The molecule has 4 fully saturated rings. The zero-order chi connectivity index (χ0) is 37.7. The molecule has 4 heterocycles. The highest BCUT2D eigenvalue weighted by molar-refractivity contribution is 6.00. The fraction of sp³-hybridized carbons (Fsp3) is 0.381. The van der Waals surface area contributed by atoms with Crippen LogP contribution in [0.15, 0.2) is 78.9 Å². The lowest BCUT2D eigenvalue weighted by Gasteiger charge is -2.20. The molecule has 4 aliphatic rings. The molecule has 9 atom stereocenters. The molecular formula is C42H44N6O6. The van der Waals surface area contributed by atoms with E-state index in [0.717, 1.165) is 16.7 Å². The number of nitrogens with zero attached hydrogens (tertiary/aromatic N) is 2. The Morgan fingerprint density at radius 3 is 1.78 bits per heavy atom. The van der Waals surface area contributed by atoms with E-state index in [-0.39, 0.29) is 76.9 Å². The number of rotatable bonds is 11. The first kappa shape index (κ1) is 35.6. The summed E-state index contributed by atoms with van der Waals surface area (Å²) in [6.45, 7) is 5.85. The summed E-state index contributed by atoms with van der Waals surface area (Å²) in [5.41, 5.74) is 5.36. The Bertz CT molecular complexity index is 2120. The van der Waals surface area contributed by atoms with E-state index in [0.29, 0.717) is 54.2 Å². The van der Waals surface area contributed by atoms with Gasteiger partial charge in [0.25, 0.3) is 23.6 Å². The molecule has 8 rings (SSSR count). The molecular weight excluding hydrogens is 684 g/mol. The minimum absolute atomic E-state index is 0.0831. The fourth-order valence-corrected chi connectivity index (χ4v) is 8.19. The summed E-state index contributed by atoms with van der Waals surface area (Å²) < 4.78 is 11.7. The van der Waals surface area contributed by atoms with E-state index in [1.165, 1.54) is 0 Å². The molecule has 2 aliphatic carbocycles. The van der Waals surface area contributed by atoms with Gasteiger partial charge in [0.05, 0.1) is 25.9 Å². The molecule has 3 unspecified atom stereocenters. The number of hydrogen-bond donors (Lipinski definition) is 4. The smallest absolute Gasteiger partial charge is 0.269 e. The van der Waals surface area contributed by atoms with E-state index >= 15 is 0 Å². The average Bonchev–Trinajstić information content (AvgIpc) is 3.84. The Kier molecular flexibility index (Phi) is 9.49. The van der Waals surface area contributed by atoms with Crippen LogP contribution >= 0.6 is 0 Å². The normalized spacial score (nSPS) is 25.7. The number of benzene rings is 2. The highest BCUT2D eigenvalue weighted by Gasteiger charge is 2.60. The number of pyridine rings is 2. The fourth-order valence-electron chi connectivity index (χ4n) is 8.19. The molecule has 2 saturated carbocycles. The van der Waals surface area contributed by atoms with E-state index in [4.69, 9.17) is 9.47 Å². The van der Waals surface area contributed by atoms with Gasteiger partial charge >= 0.3 is 0 Å². The maximum absolute atomic E-state index is 13.7. The standard InChI is InChI=1S/C42H44N6O6/c1-21(23-9-6-5-7-10-23)31-14-27(17-33(45-31)41(51)43-3)40(50)48-37-30-20-54-38(35(30)37)25-12-8-11-24(13-25)22(2)32-15-26(16-34(46-32)42(52)44-4)39(49)47-36-28-18-53-19-29(28)36/h5-17,21-22,28-30,35-38H,18-20H2,1-4H3,(H,43,51)(H,44,52)(H,47,49)(H,48,50)/t21-,22+,28-,29+,30-,35?,36?,37+,38?/m0/s1. The topological polar surface area (TPSA) is 161 Å². The van der Waals surface area contributed by atoms with Gasteiger partial charge in [-0.1, -0.05) is 68.4 Å². The zero-order valence-electron chi connectivity index (χ0n) is 30.7. The Hall–Kier alpha value is -5.46. The second-order valence-corrected chi connectivity index (χ2v) is 14.9. The van der Waals surface area contributed by atoms with Crippen molar-refractivity contribution in [2.24, 2.45) is 23.7 Å². The van der Waals surface area contributed by atoms with Gasteiger partial charge in [-0.25, -0.2) is 9.97 Å². The third-order valence-corrected chi connectivity index (χ3v) is 11.7. The summed E-state index contributed by atoms with van der Waals surface area (Å²) in [7, 11) is 3.09. The Morgan fingerprint density at radius 1 is 0.630 bits per heavy atom. The molecule has 0 spiro atoms. The number of carbonyl (C=O) groups excluding carboxylic acids is 4. The summed E-state index contributed by atoms with van der Waals surface area (Å²) in [5, 5.41) is 11.6. The summed E-state index contributed by atoms with van der Waals surface area (Å²) in [6, 6.07) is 24.6. The van der Waals surface area contributed by atoms with E-state index in [9.17, 15) is 19.2 Å². The third-order valence-electron chi connectivity index (χ3n) is 11.7. The first-order chi connectivity index (χ1) is 26.1. The molecule has 12 nitrogen and oxygen atoms in total. The molecule has 0 bridgehead atoms. The summed E-state index contributed by atoms with van der Waals surface area (Å²) in [5.74, 6) is -0.629. The lowest BCUT2D eigenvalue weighted by molar-refractivity contribution is 0.0688. The predicted molar refractivity (Wildman–Crippen MR) is 199 cm³/mol. The number of aromatic nitrogens is 2. The molecule has 4 aromatic rings. The maximum Gasteiger partial charge on any atom is 0.269 e. The minimum Gasteiger partial charge on any atom is -0.381 e. The van der Waals surface area contributed by atoms with Gasteiger partial charge < -0.3 is 30.7 Å². The summed E-state index contributed by atoms with van der Waals surface area (Å²) in [4.78, 5) is 61.8. The predicted octanol–water partition coefficient (Wildman–Crippen LogP) is 3.99. The minimum atomic E-state index is -0.366. The van der Waals surface area contributed by atoms with E-state index in [2.05, 4.69) is 37.3 Å². The van der Waals surface area contributed by atoms with Crippen molar-refractivity contribution in [1.82, 2.24) is 31.2 Å². The maximum atomic E-state index is 13.7. The van der Waals surface area contributed by atoms with Crippen molar-refractivity contribution >= 4 is 23.6 Å². The molecule has 54 heavy (non-hydrogen) atoms. The monoisotopic (exact) mass is 728 g/mol. The van der Waals surface area contributed by atoms with Crippen molar-refractivity contribution in [1.29, 1.82) is 0 Å². The van der Waals surface area contributed by atoms with Gasteiger partial charge in [-0.2, -0.15) is 0 Å². The van der Waals surface area contributed by atoms with Gasteiger partial charge in [0.15, 0.2) is 0 Å². The summed E-state index contributed by atoms with van der Waals surface area (Å²) >= 11 is 0. The van der Waals surface area contributed by atoms with Crippen molar-refractivity contribution < 1.29 is 28.7 Å². The van der Waals surface area contributed by atoms with Crippen molar-refractivity contribution in [3.8, 4) is 0 Å². The zero-order valence-corrected chi connectivity index (χ0v) is 30.7. The van der Waals surface area contributed by atoms with Crippen molar-refractivity contribution in [3.63, 3.8) is 0 Å². The van der Waals surface area contributed by atoms with Crippen LogP contribution in [0, 0.1) is 23.7 Å². The van der Waals surface area contributed by atoms with Crippen LogP contribution in [0.25, 0.3) is 0 Å². The molecule has 2 saturated heterocycles. The lowest BCUT2D eigenvalue weighted by Crippen LogP contribution is -2.31. The Labute approximate surface area is 313 Å². The second-order valence-electron chi connectivity index (χ2n) is 14.9. The number of amides is 4. The van der Waals surface area contributed by atoms with Gasteiger partial charge in [-0.3, -0.25) is 19.2 Å². The van der Waals surface area contributed by atoms with Crippen LogP contribution in [0.5, 0.6) is 0 Å². The molecule has 4 N–H and O–H groups in total. The van der Waals surface area contributed by atoms with Crippen LogP contribution in [-0.4, -0.2) is 79.6 Å². The second kappa shape index (κ2) is 14.4. The highest BCUT2D eigenvalue weighted by atomic mass is 16.5. The number of fused-ring (bicyclic) bond motifs is 2. The van der Waals surface area contributed by atoms with Gasteiger partial charge in [-0.15, -0.1) is 0 Å². The number of nitrogens with one attached hydrogen (secondary N) is 4. The highest BCUT2D eigenvalue weighted by Crippen LogP contribution is 2.55. The van der Waals surface area contributed by atoms with Gasteiger partial charge in [-0.05, 0) is 41.0 Å². The molecule has 4 amide bonds. The molecule has 278 valence electrons. The quantitative estimate of drug-likeness (QED) is 0.181. The molecule has 0 radical (unpaired) electrons.